The number of carbonyl (C=O) groups excluding carboxylic acids is 1. The van der Waals surface area contributed by atoms with Gasteiger partial charge in [-0.05, 0) is 44.5 Å². The topological polar surface area (TPSA) is 77.1 Å². The van der Waals surface area contributed by atoms with E-state index in [0.717, 1.165) is 5.56 Å². The van der Waals surface area contributed by atoms with Crippen LogP contribution in [-0.4, -0.2) is 21.4 Å². The van der Waals surface area contributed by atoms with Crippen LogP contribution in [0.4, 0.5) is 0 Å². The molecule has 0 radical (unpaired) electrons. The highest BCUT2D eigenvalue weighted by Crippen LogP contribution is 2.25. The second-order valence-corrected chi connectivity index (χ2v) is 7.16. The van der Waals surface area contributed by atoms with E-state index in [1.54, 1.807) is 18.2 Å². The lowest BCUT2D eigenvalue weighted by Crippen LogP contribution is -2.26. The van der Waals surface area contributed by atoms with E-state index in [-0.39, 0.29) is 12.2 Å². The Morgan fingerprint density at radius 2 is 1.93 bits per heavy atom. The largest absolute Gasteiger partial charge is 0.489 e. The smallest absolute Gasteiger partial charge is 0.328 e. The maximum absolute atomic E-state index is 12.1. The number of hydrogen-bond donors (Lipinski definition) is 0. The highest BCUT2D eigenvalue weighted by atomic mass is 16.6. The monoisotopic (exact) mass is 363 g/mol. The van der Waals surface area contributed by atoms with Gasteiger partial charge in [-0.1, -0.05) is 30.3 Å². The third-order valence-electron chi connectivity index (χ3n) is 3.78. The fourth-order valence-electron chi connectivity index (χ4n) is 2.69. The highest BCUT2D eigenvalue weighted by molar-refractivity contribution is 5.86. The fourth-order valence-corrected chi connectivity index (χ4v) is 2.69. The Balaban J connectivity index is 1.82. The molecule has 0 N–H and O–H groups in total. The number of benzene rings is 2. The molecule has 6 nitrogen and oxygen atoms in total. The minimum absolute atomic E-state index is 0.0559. The summed E-state index contributed by atoms with van der Waals surface area (Å²) in [4.78, 5) is 12.1. The standard InChI is InChI=1S/C21H21N3O3/c1-21(2,3)27-20(25)13-24-19-10-9-16(11-17(19)18(12-22)23-24)26-14-15-7-5-4-6-8-15/h4-11H,13-14H2,1-3H3. The van der Waals surface area contributed by atoms with Gasteiger partial charge >= 0.3 is 5.97 Å². The normalized spacial score (nSPS) is 11.2. The van der Waals surface area contributed by atoms with Crippen molar-refractivity contribution in [3.8, 4) is 11.8 Å². The van der Waals surface area contributed by atoms with Gasteiger partial charge in [0.25, 0.3) is 0 Å². The quantitative estimate of drug-likeness (QED) is 0.644. The van der Waals surface area contributed by atoms with Gasteiger partial charge in [0.05, 0.1) is 5.52 Å². The first kappa shape index (κ1) is 18.5. The highest BCUT2D eigenvalue weighted by Gasteiger charge is 2.19. The lowest BCUT2D eigenvalue weighted by Gasteiger charge is -2.19. The molecule has 3 rings (SSSR count). The van der Waals surface area contributed by atoms with Gasteiger partial charge < -0.3 is 9.47 Å². The second-order valence-electron chi connectivity index (χ2n) is 7.16. The SMILES string of the molecule is CC(C)(C)OC(=O)Cn1nc(C#N)c2cc(OCc3ccccc3)ccc21. The van der Waals surface area contributed by atoms with Crippen LogP contribution < -0.4 is 4.74 Å². The average molecular weight is 363 g/mol. The Morgan fingerprint density at radius 3 is 2.59 bits per heavy atom. The van der Waals surface area contributed by atoms with Gasteiger partial charge in [-0.15, -0.1) is 0 Å². The van der Waals surface area contributed by atoms with Crippen molar-refractivity contribution in [1.82, 2.24) is 9.78 Å². The van der Waals surface area contributed by atoms with E-state index in [1.807, 2.05) is 51.1 Å². The summed E-state index contributed by atoms with van der Waals surface area (Å²) in [6, 6.07) is 17.3. The number of carbonyl (C=O) groups is 1. The van der Waals surface area contributed by atoms with Gasteiger partial charge in [-0.25, -0.2) is 0 Å². The molecule has 1 heterocycles. The van der Waals surface area contributed by atoms with E-state index in [0.29, 0.717) is 23.3 Å². The molecule has 0 fully saturated rings. The van der Waals surface area contributed by atoms with Crippen molar-refractivity contribution in [3.05, 3.63) is 59.8 Å². The molecule has 27 heavy (non-hydrogen) atoms. The third-order valence-corrected chi connectivity index (χ3v) is 3.78. The molecule has 2 aromatic carbocycles. The Morgan fingerprint density at radius 1 is 1.19 bits per heavy atom. The Kier molecular flexibility index (Phi) is 5.13. The first-order valence-electron chi connectivity index (χ1n) is 8.65. The number of nitriles is 1. The van der Waals surface area contributed by atoms with Crippen molar-refractivity contribution < 1.29 is 14.3 Å². The van der Waals surface area contributed by atoms with E-state index in [9.17, 15) is 10.1 Å². The van der Waals surface area contributed by atoms with Crippen LogP contribution in [0.15, 0.2) is 48.5 Å². The van der Waals surface area contributed by atoms with Gasteiger partial charge in [0.1, 0.15) is 30.6 Å². The molecule has 0 atom stereocenters. The summed E-state index contributed by atoms with van der Waals surface area (Å²) >= 11 is 0. The first-order chi connectivity index (χ1) is 12.9. The van der Waals surface area contributed by atoms with Crippen molar-refractivity contribution in [2.45, 2.75) is 39.5 Å². The molecule has 0 saturated carbocycles. The van der Waals surface area contributed by atoms with Crippen molar-refractivity contribution in [1.29, 1.82) is 5.26 Å². The molecule has 138 valence electrons. The molecular formula is C21H21N3O3. The molecule has 0 saturated heterocycles. The van der Waals surface area contributed by atoms with E-state index in [1.165, 1.54) is 4.68 Å². The summed E-state index contributed by atoms with van der Waals surface area (Å²) in [5.74, 6) is 0.237. The Labute approximate surface area is 157 Å². The summed E-state index contributed by atoms with van der Waals surface area (Å²) in [5, 5.41) is 14.3. The molecule has 0 aliphatic carbocycles. The number of ether oxygens (including phenoxy) is 2. The van der Waals surface area contributed by atoms with Crippen molar-refractivity contribution in [2.24, 2.45) is 0 Å². The molecule has 0 aliphatic heterocycles. The zero-order chi connectivity index (χ0) is 19.4. The van der Waals surface area contributed by atoms with Crippen LogP contribution in [0.5, 0.6) is 5.75 Å². The van der Waals surface area contributed by atoms with Crippen LogP contribution in [0, 0.1) is 11.3 Å². The Bertz CT molecular complexity index is 995. The number of rotatable bonds is 5. The lowest BCUT2D eigenvalue weighted by atomic mass is 10.2. The predicted octanol–water partition coefficient (Wildman–Crippen LogP) is 3.83. The first-order valence-corrected chi connectivity index (χ1v) is 8.65. The van der Waals surface area contributed by atoms with Gasteiger partial charge in [-0.3, -0.25) is 9.48 Å². The predicted molar refractivity (Wildman–Crippen MR) is 101 cm³/mol. The molecule has 6 heteroatoms. The zero-order valence-electron chi connectivity index (χ0n) is 15.6. The summed E-state index contributed by atoms with van der Waals surface area (Å²) < 4.78 is 12.6. The van der Waals surface area contributed by atoms with Gasteiger partial charge in [0.2, 0.25) is 0 Å². The van der Waals surface area contributed by atoms with Gasteiger partial charge in [0, 0.05) is 5.39 Å². The summed E-state index contributed by atoms with van der Waals surface area (Å²) in [7, 11) is 0. The average Bonchev–Trinajstić information content (AvgIpc) is 2.96. The number of fused-ring (bicyclic) bond motifs is 1. The number of aromatic nitrogens is 2. The maximum atomic E-state index is 12.1. The molecule has 0 spiro atoms. The van der Waals surface area contributed by atoms with Gasteiger partial charge in [0.15, 0.2) is 5.69 Å². The van der Waals surface area contributed by atoms with Crippen molar-refractivity contribution in [2.75, 3.05) is 0 Å². The molecule has 1 aromatic heterocycles. The van der Waals surface area contributed by atoms with E-state index in [4.69, 9.17) is 9.47 Å². The third kappa shape index (κ3) is 4.64. The molecule has 0 amide bonds. The van der Waals surface area contributed by atoms with Crippen molar-refractivity contribution >= 4 is 16.9 Å². The van der Waals surface area contributed by atoms with Crippen LogP contribution in [0.2, 0.25) is 0 Å². The number of nitrogens with zero attached hydrogens (tertiary/aromatic N) is 3. The second kappa shape index (κ2) is 7.50. The minimum atomic E-state index is -0.573. The summed E-state index contributed by atoms with van der Waals surface area (Å²) in [5.41, 5.74) is 1.42. The van der Waals surface area contributed by atoms with Crippen molar-refractivity contribution in [3.63, 3.8) is 0 Å². The number of esters is 1. The van der Waals surface area contributed by atoms with Crippen LogP contribution in [0.3, 0.4) is 0 Å². The summed E-state index contributed by atoms with van der Waals surface area (Å²) in [6.07, 6.45) is 0. The van der Waals surface area contributed by atoms with E-state index in [2.05, 4.69) is 11.2 Å². The summed E-state index contributed by atoms with van der Waals surface area (Å²) in [6.45, 7) is 5.80. The van der Waals surface area contributed by atoms with Crippen LogP contribution in [0.1, 0.15) is 32.0 Å². The van der Waals surface area contributed by atoms with Crippen LogP contribution >= 0.6 is 0 Å². The van der Waals surface area contributed by atoms with Crippen LogP contribution in [-0.2, 0) is 22.7 Å². The van der Waals surface area contributed by atoms with E-state index >= 15 is 0 Å². The van der Waals surface area contributed by atoms with E-state index < -0.39 is 11.6 Å². The molecular weight excluding hydrogens is 342 g/mol. The minimum Gasteiger partial charge on any atom is -0.489 e. The van der Waals surface area contributed by atoms with Crippen LogP contribution in [0.25, 0.3) is 10.9 Å². The molecule has 3 aromatic rings. The molecule has 0 unspecified atom stereocenters. The lowest BCUT2D eigenvalue weighted by molar-refractivity contribution is -0.155. The molecule has 0 bridgehead atoms. The fraction of sp³-hybridized carbons (Fsp3) is 0.286. The number of hydrogen-bond acceptors (Lipinski definition) is 5. The molecule has 0 aliphatic rings. The van der Waals surface area contributed by atoms with Gasteiger partial charge in [-0.2, -0.15) is 10.4 Å². The maximum Gasteiger partial charge on any atom is 0.328 e. The Hall–Kier alpha value is -3.33. The zero-order valence-corrected chi connectivity index (χ0v) is 15.6.